The number of ether oxygens (including phenoxy) is 2. The third kappa shape index (κ3) is 4.76. The van der Waals surface area contributed by atoms with Crippen LogP contribution in [0.4, 0.5) is 11.5 Å². The number of pyridine rings is 1. The average molecular weight is 364 g/mol. The third-order valence-electron chi connectivity index (χ3n) is 4.07. The van der Waals surface area contributed by atoms with Gasteiger partial charge in [-0.15, -0.1) is 12.4 Å². The van der Waals surface area contributed by atoms with Crippen LogP contribution in [0.25, 0.3) is 0 Å². The highest BCUT2D eigenvalue weighted by Gasteiger charge is 2.19. The fraction of sp³-hybridized carbons (Fsp3) is 0.333. The molecular weight excluding hydrogens is 342 g/mol. The van der Waals surface area contributed by atoms with E-state index in [0.717, 1.165) is 12.8 Å². The quantitative estimate of drug-likeness (QED) is 0.846. The summed E-state index contributed by atoms with van der Waals surface area (Å²) in [7, 11) is 1.57. The van der Waals surface area contributed by atoms with Crippen molar-refractivity contribution < 1.29 is 14.3 Å². The monoisotopic (exact) mass is 363 g/mol. The Bertz CT molecular complexity index is 716. The predicted molar refractivity (Wildman–Crippen MR) is 99.7 cm³/mol. The molecule has 7 heteroatoms. The molecule has 1 amide bonds. The molecule has 0 saturated heterocycles. The maximum atomic E-state index is 12.4. The van der Waals surface area contributed by atoms with Crippen molar-refractivity contribution >= 4 is 29.8 Å². The van der Waals surface area contributed by atoms with Crippen LogP contribution in [0.1, 0.15) is 36.0 Å². The van der Waals surface area contributed by atoms with Crippen LogP contribution in [0, 0.1) is 0 Å². The van der Waals surface area contributed by atoms with Gasteiger partial charge >= 0.3 is 0 Å². The number of carbonyl (C=O) groups excluding carboxylic acids is 1. The lowest BCUT2D eigenvalue weighted by molar-refractivity contribution is 0.102. The van der Waals surface area contributed by atoms with E-state index in [0.29, 0.717) is 28.6 Å². The first-order valence-electron chi connectivity index (χ1n) is 8.03. The van der Waals surface area contributed by atoms with Crippen LogP contribution in [0.3, 0.4) is 0 Å². The highest BCUT2D eigenvalue weighted by Crippen LogP contribution is 2.32. The maximum absolute atomic E-state index is 12.4. The molecule has 134 valence electrons. The van der Waals surface area contributed by atoms with E-state index in [1.807, 2.05) is 0 Å². The van der Waals surface area contributed by atoms with Crippen molar-refractivity contribution in [3.63, 3.8) is 0 Å². The molecule has 0 radical (unpaired) electrons. The predicted octanol–water partition coefficient (Wildman–Crippen LogP) is 3.67. The van der Waals surface area contributed by atoms with E-state index >= 15 is 0 Å². The molecule has 1 aliphatic rings. The van der Waals surface area contributed by atoms with E-state index < -0.39 is 0 Å². The van der Waals surface area contributed by atoms with Crippen LogP contribution in [-0.4, -0.2) is 24.1 Å². The molecule has 0 spiro atoms. The number of hydrogen-bond acceptors (Lipinski definition) is 5. The zero-order valence-electron chi connectivity index (χ0n) is 14.0. The lowest BCUT2D eigenvalue weighted by Crippen LogP contribution is -2.14. The highest BCUT2D eigenvalue weighted by atomic mass is 35.5. The van der Waals surface area contributed by atoms with Crippen LogP contribution >= 0.6 is 12.4 Å². The second-order valence-corrected chi connectivity index (χ2v) is 5.82. The van der Waals surface area contributed by atoms with Crippen LogP contribution in [0.15, 0.2) is 36.5 Å². The summed E-state index contributed by atoms with van der Waals surface area (Å²) in [6, 6.07) is 8.54. The van der Waals surface area contributed by atoms with Gasteiger partial charge < -0.3 is 20.5 Å². The molecule has 1 aromatic carbocycles. The SMILES string of the molecule is COc1cc(C(=O)Nc2ccc(N)nc2)ccc1OC1CCCC1.Cl. The zero-order chi connectivity index (χ0) is 16.9. The number of hydrogen-bond donors (Lipinski definition) is 2. The molecule has 0 unspecified atom stereocenters. The molecule has 0 atom stereocenters. The molecule has 6 nitrogen and oxygen atoms in total. The smallest absolute Gasteiger partial charge is 0.255 e. The number of anilines is 2. The summed E-state index contributed by atoms with van der Waals surface area (Å²) < 4.78 is 11.4. The second kappa shape index (κ2) is 8.58. The Balaban J connectivity index is 0.00000225. The number of benzene rings is 1. The molecule has 3 N–H and O–H groups in total. The topological polar surface area (TPSA) is 86.5 Å². The standard InChI is InChI=1S/C18H21N3O3.ClH/c1-23-16-10-12(6-8-15(16)24-14-4-2-3-5-14)18(22)21-13-7-9-17(19)20-11-13;/h6-11,14H,2-5H2,1H3,(H2,19,20)(H,21,22);1H. The number of carbonyl (C=O) groups is 1. The summed E-state index contributed by atoms with van der Waals surface area (Å²) >= 11 is 0. The van der Waals surface area contributed by atoms with Crippen molar-refractivity contribution in [1.82, 2.24) is 4.98 Å². The largest absolute Gasteiger partial charge is 0.493 e. The average Bonchev–Trinajstić information content (AvgIpc) is 3.10. The zero-order valence-corrected chi connectivity index (χ0v) is 14.8. The van der Waals surface area contributed by atoms with Gasteiger partial charge in [-0.25, -0.2) is 4.98 Å². The minimum atomic E-state index is -0.243. The van der Waals surface area contributed by atoms with E-state index in [9.17, 15) is 4.79 Å². The Kier molecular flexibility index (Phi) is 6.47. The molecule has 0 aliphatic heterocycles. The van der Waals surface area contributed by atoms with Gasteiger partial charge in [-0.2, -0.15) is 0 Å². The molecule has 2 aromatic rings. The molecular formula is C18H22ClN3O3. The molecule has 1 fully saturated rings. The van der Waals surface area contributed by atoms with Crippen molar-refractivity contribution in [2.75, 3.05) is 18.2 Å². The first-order valence-corrected chi connectivity index (χ1v) is 8.03. The summed E-state index contributed by atoms with van der Waals surface area (Å²) in [6.07, 6.45) is 6.28. The Morgan fingerprint density at radius 1 is 1.20 bits per heavy atom. The van der Waals surface area contributed by atoms with Gasteiger partial charge in [0.1, 0.15) is 5.82 Å². The maximum Gasteiger partial charge on any atom is 0.255 e. The summed E-state index contributed by atoms with van der Waals surface area (Å²) in [6.45, 7) is 0. The van der Waals surface area contributed by atoms with E-state index in [2.05, 4.69) is 10.3 Å². The number of aromatic nitrogens is 1. The van der Waals surface area contributed by atoms with Crippen LogP contribution in [-0.2, 0) is 0 Å². The number of nitrogens with two attached hydrogens (primary N) is 1. The number of halogens is 1. The van der Waals surface area contributed by atoms with Crippen molar-refractivity contribution in [3.8, 4) is 11.5 Å². The number of nitrogens with one attached hydrogen (secondary N) is 1. The van der Waals surface area contributed by atoms with Gasteiger partial charge in [0.15, 0.2) is 11.5 Å². The fourth-order valence-corrected chi connectivity index (χ4v) is 2.77. The van der Waals surface area contributed by atoms with Crippen LogP contribution < -0.4 is 20.5 Å². The summed E-state index contributed by atoms with van der Waals surface area (Å²) in [5.41, 5.74) is 6.61. The first kappa shape index (κ1) is 18.9. The van der Waals surface area contributed by atoms with E-state index in [1.54, 1.807) is 37.4 Å². The van der Waals surface area contributed by atoms with Gasteiger partial charge in [-0.05, 0) is 56.0 Å². The Hall–Kier alpha value is -2.47. The van der Waals surface area contributed by atoms with Gasteiger partial charge in [0, 0.05) is 5.56 Å². The van der Waals surface area contributed by atoms with E-state index in [-0.39, 0.29) is 24.4 Å². The number of nitrogen functional groups attached to an aromatic ring is 1. The highest BCUT2D eigenvalue weighted by molar-refractivity contribution is 6.04. The van der Waals surface area contributed by atoms with Gasteiger partial charge in [0.05, 0.1) is 25.1 Å². The fourth-order valence-electron chi connectivity index (χ4n) is 2.77. The number of rotatable bonds is 5. The lowest BCUT2D eigenvalue weighted by Gasteiger charge is -2.16. The summed E-state index contributed by atoms with van der Waals surface area (Å²) in [4.78, 5) is 16.3. The number of nitrogens with zero attached hydrogens (tertiary/aromatic N) is 1. The second-order valence-electron chi connectivity index (χ2n) is 5.82. The minimum Gasteiger partial charge on any atom is -0.493 e. The van der Waals surface area contributed by atoms with Gasteiger partial charge in [0.25, 0.3) is 5.91 Å². The first-order chi connectivity index (χ1) is 11.7. The Morgan fingerprint density at radius 2 is 1.96 bits per heavy atom. The summed E-state index contributed by atoms with van der Waals surface area (Å²) in [5, 5.41) is 2.78. The normalized spacial score (nSPS) is 13.8. The van der Waals surface area contributed by atoms with Crippen molar-refractivity contribution in [3.05, 3.63) is 42.1 Å². The van der Waals surface area contributed by atoms with Gasteiger partial charge in [-0.3, -0.25) is 4.79 Å². The summed E-state index contributed by atoms with van der Waals surface area (Å²) in [5.74, 6) is 1.40. The molecule has 1 heterocycles. The van der Waals surface area contributed by atoms with Crippen LogP contribution in [0.2, 0.25) is 0 Å². The molecule has 1 saturated carbocycles. The number of methoxy groups -OCH3 is 1. The molecule has 0 bridgehead atoms. The third-order valence-corrected chi connectivity index (χ3v) is 4.07. The van der Waals surface area contributed by atoms with Crippen molar-refractivity contribution in [2.24, 2.45) is 0 Å². The lowest BCUT2D eigenvalue weighted by atomic mass is 10.1. The molecule has 1 aliphatic carbocycles. The van der Waals surface area contributed by atoms with Crippen molar-refractivity contribution in [2.45, 2.75) is 31.8 Å². The van der Waals surface area contributed by atoms with E-state index in [1.165, 1.54) is 19.0 Å². The molecule has 25 heavy (non-hydrogen) atoms. The van der Waals surface area contributed by atoms with Gasteiger partial charge in [-0.1, -0.05) is 0 Å². The molecule has 1 aromatic heterocycles. The number of amides is 1. The van der Waals surface area contributed by atoms with E-state index in [4.69, 9.17) is 15.2 Å². The Morgan fingerprint density at radius 3 is 2.60 bits per heavy atom. The Labute approximate surface area is 153 Å². The molecule has 3 rings (SSSR count). The minimum absolute atomic E-state index is 0. The van der Waals surface area contributed by atoms with Crippen molar-refractivity contribution in [1.29, 1.82) is 0 Å². The van der Waals surface area contributed by atoms with Gasteiger partial charge in [0.2, 0.25) is 0 Å². The van der Waals surface area contributed by atoms with Crippen LogP contribution in [0.5, 0.6) is 11.5 Å².